The number of rotatable bonds is 11. The van der Waals surface area contributed by atoms with Crippen molar-refractivity contribution < 1.29 is 9.53 Å². The van der Waals surface area contributed by atoms with Crippen molar-refractivity contribution in [2.24, 2.45) is 11.1 Å². The van der Waals surface area contributed by atoms with Gasteiger partial charge in [0.1, 0.15) is 11.5 Å². The Hall–Kier alpha value is -1.61. The highest BCUT2D eigenvalue weighted by molar-refractivity contribution is 5.82. The number of nitrogens with two attached hydrogens (primary N) is 1. The second-order valence-electron chi connectivity index (χ2n) is 5.62. The maximum atomic E-state index is 11.7. The molecule has 0 aliphatic heterocycles. The number of allylic oxidation sites excluding steroid dienone is 5. The van der Waals surface area contributed by atoms with E-state index in [9.17, 15) is 4.79 Å². The fraction of sp³-hybridized carbons (Fsp3) is 0.526. The molecule has 0 aliphatic carbocycles. The molecule has 0 spiro atoms. The summed E-state index contributed by atoms with van der Waals surface area (Å²) in [6.07, 6.45) is 14.3. The summed E-state index contributed by atoms with van der Waals surface area (Å²) in [5.74, 6) is 0.768. The SMILES string of the molecule is C=C/C=C\C(=C/CC(C)(/C=C\CCC)[C@H](N)C(C)=O)OCC. The van der Waals surface area contributed by atoms with Gasteiger partial charge in [0.25, 0.3) is 0 Å². The summed E-state index contributed by atoms with van der Waals surface area (Å²) in [6.45, 7) is 11.9. The molecule has 0 fully saturated rings. The van der Waals surface area contributed by atoms with Gasteiger partial charge in [-0.2, -0.15) is 0 Å². The minimum Gasteiger partial charge on any atom is -0.494 e. The van der Waals surface area contributed by atoms with E-state index in [1.165, 1.54) is 0 Å². The molecule has 0 bridgehead atoms. The monoisotopic (exact) mass is 305 g/mol. The summed E-state index contributed by atoms with van der Waals surface area (Å²) in [7, 11) is 0. The van der Waals surface area contributed by atoms with Crippen molar-refractivity contribution in [3.05, 3.63) is 48.8 Å². The van der Waals surface area contributed by atoms with Crippen molar-refractivity contribution in [1.29, 1.82) is 0 Å². The molecule has 1 unspecified atom stereocenters. The third-order valence-corrected chi connectivity index (χ3v) is 3.55. The molecule has 0 aromatic rings. The van der Waals surface area contributed by atoms with Crippen LogP contribution < -0.4 is 5.73 Å². The van der Waals surface area contributed by atoms with E-state index in [1.807, 2.05) is 32.1 Å². The Labute approximate surface area is 135 Å². The lowest BCUT2D eigenvalue weighted by Crippen LogP contribution is -2.43. The Kier molecular flexibility index (Phi) is 10.2. The number of carbonyl (C=O) groups excluding carboxylic acids is 1. The van der Waals surface area contributed by atoms with E-state index in [1.54, 1.807) is 13.0 Å². The fourth-order valence-electron chi connectivity index (χ4n) is 2.11. The zero-order chi connectivity index (χ0) is 17.0. The van der Waals surface area contributed by atoms with E-state index >= 15 is 0 Å². The molecule has 0 heterocycles. The summed E-state index contributed by atoms with van der Waals surface area (Å²) < 4.78 is 5.58. The third kappa shape index (κ3) is 7.41. The first-order chi connectivity index (χ1) is 10.4. The lowest BCUT2D eigenvalue weighted by atomic mass is 9.77. The van der Waals surface area contributed by atoms with Crippen molar-refractivity contribution >= 4 is 5.78 Å². The van der Waals surface area contributed by atoms with Gasteiger partial charge in [-0.25, -0.2) is 0 Å². The highest BCUT2D eigenvalue weighted by Crippen LogP contribution is 2.29. The lowest BCUT2D eigenvalue weighted by Gasteiger charge is -2.30. The molecule has 2 atom stereocenters. The topological polar surface area (TPSA) is 52.3 Å². The quantitative estimate of drug-likeness (QED) is 0.351. The van der Waals surface area contributed by atoms with Gasteiger partial charge >= 0.3 is 0 Å². The van der Waals surface area contributed by atoms with Crippen LogP contribution in [0.4, 0.5) is 0 Å². The maximum absolute atomic E-state index is 11.7. The lowest BCUT2D eigenvalue weighted by molar-refractivity contribution is -0.120. The van der Waals surface area contributed by atoms with Crippen molar-refractivity contribution in [3.8, 4) is 0 Å². The molecular formula is C19H31NO2. The number of hydrogen-bond donors (Lipinski definition) is 1. The Balaban J connectivity index is 5.28. The Bertz CT molecular complexity index is 435. The number of hydrogen-bond acceptors (Lipinski definition) is 3. The van der Waals surface area contributed by atoms with Crippen molar-refractivity contribution in [2.75, 3.05) is 6.61 Å². The van der Waals surface area contributed by atoms with Gasteiger partial charge in [0, 0.05) is 5.41 Å². The number of Topliss-reactive ketones (excluding diaryl/α,β-unsaturated/α-hetero) is 1. The second-order valence-corrected chi connectivity index (χ2v) is 5.62. The van der Waals surface area contributed by atoms with Crippen LogP contribution in [-0.2, 0) is 9.53 Å². The molecule has 0 aliphatic rings. The highest BCUT2D eigenvalue weighted by atomic mass is 16.5. The van der Waals surface area contributed by atoms with Gasteiger partial charge in [-0.3, -0.25) is 4.79 Å². The Morgan fingerprint density at radius 2 is 2.09 bits per heavy atom. The number of ketones is 1. The van der Waals surface area contributed by atoms with Crippen molar-refractivity contribution in [1.82, 2.24) is 0 Å². The molecule has 124 valence electrons. The molecule has 0 aromatic carbocycles. The first-order valence-corrected chi connectivity index (χ1v) is 7.97. The molecule has 0 saturated carbocycles. The van der Waals surface area contributed by atoms with Crippen molar-refractivity contribution in [2.45, 2.75) is 53.0 Å². The van der Waals surface area contributed by atoms with Gasteiger partial charge in [-0.1, -0.05) is 51.2 Å². The zero-order valence-corrected chi connectivity index (χ0v) is 14.5. The predicted molar refractivity (Wildman–Crippen MR) is 94.5 cm³/mol. The van der Waals surface area contributed by atoms with Gasteiger partial charge in [0.2, 0.25) is 0 Å². The van der Waals surface area contributed by atoms with Crippen LogP contribution in [0.1, 0.15) is 47.0 Å². The molecule has 2 N–H and O–H groups in total. The van der Waals surface area contributed by atoms with Gasteiger partial charge in [-0.15, -0.1) is 0 Å². The van der Waals surface area contributed by atoms with Crippen LogP contribution in [0.5, 0.6) is 0 Å². The molecule has 3 nitrogen and oxygen atoms in total. The predicted octanol–water partition coefficient (Wildman–Crippen LogP) is 4.32. The Morgan fingerprint density at radius 1 is 1.41 bits per heavy atom. The average molecular weight is 305 g/mol. The molecule has 0 radical (unpaired) electrons. The van der Waals surface area contributed by atoms with E-state index in [-0.39, 0.29) is 5.78 Å². The first kappa shape index (κ1) is 20.4. The normalized spacial score (nSPS) is 16.7. The minimum absolute atomic E-state index is 0.00311. The van der Waals surface area contributed by atoms with Gasteiger partial charge in [0.15, 0.2) is 0 Å². The van der Waals surface area contributed by atoms with Gasteiger partial charge in [-0.05, 0) is 38.8 Å². The van der Waals surface area contributed by atoms with Crippen LogP contribution in [0.15, 0.2) is 48.8 Å². The van der Waals surface area contributed by atoms with Gasteiger partial charge in [0.05, 0.1) is 12.6 Å². The van der Waals surface area contributed by atoms with E-state index in [0.717, 1.165) is 18.6 Å². The molecular weight excluding hydrogens is 274 g/mol. The number of unbranched alkanes of at least 4 members (excludes halogenated alkanes) is 1. The summed E-state index contributed by atoms with van der Waals surface area (Å²) >= 11 is 0. The molecule has 3 heteroatoms. The van der Waals surface area contributed by atoms with Crippen LogP contribution in [0.2, 0.25) is 0 Å². The average Bonchev–Trinajstić information content (AvgIpc) is 2.49. The number of ether oxygens (including phenoxy) is 1. The molecule has 0 rings (SSSR count). The van der Waals surface area contributed by atoms with Crippen LogP contribution in [0.25, 0.3) is 0 Å². The summed E-state index contributed by atoms with van der Waals surface area (Å²) in [5.41, 5.74) is 5.72. The molecule has 0 aromatic heterocycles. The van der Waals surface area contributed by atoms with E-state index in [4.69, 9.17) is 10.5 Å². The summed E-state index contributed by atoms with van der Waals surface area (Å²) in [4.78, 5) is 11.7. The third-order valence-electron chi connectivity index (χ3n) is 3.55. The summed E-state index contributed by atoms with van der Waals surface area (Å²) in [5, 5.41) is 0. The van der Waals surface area contributed by atoms with E-state index in [0.29, 0.717) is 13.0 Å². The van der Waals surface area contributed by atoms with E-state index < -0.39 is 11.5 Å². The smallest absolute Gasteiger partial charge is 0.147 e. The number of carbonyl (C=O) groups is 1. The van der Waals surface area contributed by atoms with Crippen molar-refractivity contribution in [3.63, 3.8) is 0 Å². The minimum atomic E-state index is -0.525. The largest absolute Gasteiger partial charge is 0.494 e. The van der Waals surface area contributed by atoms with Crippen LogP contribution in [0, 0.1) is 5.41 Å². The standard InChI is InChI=1S/C19H31NO2/c1-6-9-11-14-19(5,18(20)16(4)21)15-13-17(22-8-3)12-10-7-2/h7,10-14,18H,2,6,8-9,15,20H2,1,3-5H3/b12-10-,14-11-,17-13+/t18-,19?/m1/s1. The van der Waals surface area contributed by atoms with E-state index in [2.05, 4.69) is 25.7 Å². The maximum Gasteiger partial charge on any atom is 0.147 e. The highest BCUT2D eigenvalue weighted by Gasteiger charge is 2.31. The molecule has 0 amide bonds. The first-order valence-electron chi connectivity index (χ1n) is 7.97. The Morgan fingerprint density at radius 3 is 2.59 bits per heavy atom. The fourth-order valence-corrected chi connectivity index (χ4v) is 2.11. The van der Waals surface area contributed by atoms with Crippen LogP contribution in [-0.4, -0.2) is 18.4 Å². The zero-order valence-electron chi connectivity index (χ0n) is 14.5. The van der Waals surface area contributed by atoms with Crippen LogP contribution in [0.3, 0.4) is 0 Å². The second kappa shape index (κ2) is 11.0. The van der Waals surface area contributed by atoms with Gasteiger partial charge < -0.3 is 10.5 Å². The molecule has 0 saturated heterocycles. The summed E-state index contributed by atoms with van der Waals surface area (Å²) in [6, 6.07) is -0.525. The van der Waals surface area contributed by atoms with Crippen LogP contribution >= 0.6 is 0 Å². The molecule has 22 heavy (non-hydrogen) atoms.